The Bertz CT molecular complexity index is 3960. The zero-order chi connectivity index (χ0) is 50.1. The number of anilines is 4. The van der Waals surface area contributed by atoms with Crippen molar-refractivity contribution in [3.05, 3.63) is 178 Å². The van der Waals surface area contributed by atoms with Crippen LogP contribution in [0.4, 0.5) is 32.2 Å². The van der Waals surface area contributed by atoms with Gasteiger partial charge in [-0.05, 0) is 94.8 Å². The molecule has 73 heavy (non-hydrogen) atoms. The van der Waals surface area contributed by atoms with Gasteiger partial charge in [-0.25, -0.2) is 33.7 Å². The van der Waals surface area contributed by atoms with Gasteiger partial charge < -0.3 is 31.9 Å². The molecule has 0 aliphatic carbocycles. The fraction of sp³-hybridized carbons (Fsp3) is 0.132. The molecule has 4 amide bonds. The van der Waals surface area contributed by atoms with E-state index in [4.69, 9.17) is 16.5 Å². The fourth-order valence-electron chi connectivity index (χ4n) is 9.69. The Morgan fingerprint density at radius 3 is 2.01 bits per heavy atom. The summed E-state index contributed by atoms with van der Waals surface area (Å²) < 4.78 is 33.0. The minimum Gasteiger partial charge on any atom is -0.369 e. The summed E-state index contributed by atoms with van der Waals surface area (Å²) >= 11 is 0. The Labute approximate surface area is 412 Å². The fourth-order valence-corrected chi connectivity index (χ4v) is 9.69. The van der Waals surface area contributed by atoms with Crippen LogP contribution in [0.1, 0.15) is 59.3 Å². The van der Waals surface area contributed by atoms with Gasteiger partial charge in [-0.15, -0.1) is 0 Å². The summed E-state index contributed by atoms with van der Waals surface area (Å²) in [4.78, 5) is 84.2. The van der Waals surface area contributed by atoms with Gasteiger partial charge in [-0.2, -0.15) is 0 Å². The van der Waals surface area contributed by atoms with Gasteiger partial charge in [-0.3, -0.25) is 33.0 Å². The zero-order valence-electron chi connectivity index (χ0n) is 38.5. The minimum absolute atomic E-state index is 0.000878. The topological polar surface area (TPSA) is 237 Å². The highest BCUT2D eigenvalue weighted by Gasteiger charge is 2.28. The molecular weight excluding hydrogens is 935 g/mol. The number of rotatable bonds is 8. The van der Waals surface area contributed by atoms with Crippen LogP contribution in [0.3, 0.4) is 0 Å². The number of aromatic nitrogens is 8. The molecule has 360 valence electrons. The quantitative estimate of drug-likeness (QED) is 0.123. The van der Waals surface area contributed by atoms with Crippen LogP contribution in [-0.2, 0) is 37.1 Å². The Balaban J connectivity index is 0.754. The van der Waals surface area contributed by atoms with Crippen molar-refractivity contribution in [1.29, 1.82) is 0 Å². The molecule has 12 rings (SSSR count). The molecule has 20 heteroatoms. The highest BCUT2D eigenvalue weighted by Crippen LogP contribution is 2.34. The van der Waals surface area contributed by atoms with Crippen molar-refractivity contribution in [1.82, 2.24) is 48.5 Å². The Kier molecular flexibility index (Phi) is 10.7. The number of pyridine rings is 2. The molecular formula is C53H40F2N14O4. The van der Waals surface area contributed by atoms with E-state index in [-0.39, 0.29) is 88.3 Å². The van der Waals surface area contributed by atoms with Crippen LogP contribution in [0.25, 0.3) is 44.2 Å². The third kappa shape index (κ3) is 8.09. The second-order valence-electron chi connectivity index (χ2n) is 17.9. The van der Waals surface area contributed by atoms with Crippen molar-refractivity contribution in [3.8, 4) is 11.1 Å². The second-order valence-corrected chi connectivity index (χ2v) is 17.9. The van der Waals surface area contributed by atoms with Crippen LogP contribution in [0.15, 0.2) is 122 Å². The highest BCUT2D eigenvalue weighted by molar-refractivity contribution is 6.07. The molecule has 0 bridgehead atoms. The van der Waals surface area contributed by atoms with E-state index in [0.29, 0.717) is 59.6 Å². The standard InChI is InChI=1S/C53H40F2N14O4/c54-37-5-3-4-36-45(37)64-52(56)68-26-40(61-47(36)68)50(72)67-19-16-30-9-11-34(22-33(30)25-67)60-49(71)39-14-10-31(23-59-39)35-12-13-38(55)46-44(35)48-62-41(27-69(48)53(57)65-46)51(73)66-18-15-29-8-7-28(20-32(29)24-66)21-43(70)63-42-6-1-2-17-58-42/h1-14,17,20,22-23,26-27H,15-16,18-19,21,24-25H2,(H2,56,64)(H2,57,65)(H,60,71)(H,58,63,70). The maximum absolute atomic E-state index is 15.6. The van der Waals surface area contributed by atoms with Gasteiger partial charge in [0.15, 0.2) is 5.65 Å². The Hall–Kier alpha value is -9.72. The van der Waals surface area contributed by atoms with Crippen LogP contribution in [-0.4, -0.2) is 85.2 Å². The van der Waals surface area contributed by atoms with Crippen LogP contribution in [0.5, 0.6) is 0 Å². The second kappa shape index (κ2) is 17.6. The van der Waals surface area contributed by atoms with Crippen LogP contribution in [0.2, 0.25) is 0 Å². The lowest BCUT2D eigenvalue weighted by Crippen LogP contribution is -2.36. The minimum atomic E-state index is -0.646. The predicted molar refractivity (Wildman–Crippen MR) is 267 cm³/mol. The van der Waals surface area contributed by atoms with E-state index < -0.39 is 17.5 Å². The largest absolute Gasteiger partial charge is 0.369 e. The number of nitrogens with two attached hydrogens (primary N) is 2. The number of fused-ring (bicyclic) bond motifs is 8. The average Bonchev–Trinajstić information content (AvgIpc) is 4.07. The van der Waals surface area contributed by atoms with E-state index in [9.17, 15) is 23.6 Å². The maximum atomic E-state index is 15.6. The first kappa shape index (κ1) is 44.5. The van der Waals surface area contributed by atoms with Crippen molar-refractivity contribution < 1.29 is 28.0 Å². The summed E-state index contributed by atoms with van der Waals surface area (Å²) in [5.74, 6) is -2.21. The molecule has 2 aliphatic rings. The molecule has 6 aromatic heterocycles. The number of hydrogen-bond donors (Lipinski definition) is 4. The van der Waals surface area contributed by atoms with E-state index >= 15 is 4.39 Å². The van der Waals surface area contributed by atoms with Crippen molar-refractivity contribution in [2.75, 3.05) is 35.2 Å². The molecule has 0 spiro atoms. The van der Waals surface area contributed by atoms with Gasteiger partial charge in [0, 0.05) is 67.6 Å². The number of carbonyl (C=O) groups excluding carboxylic acids is 4. The molecule has 6 N–H and O–H groups in total. The van der Waals surface area contributed by atoms with E-state index in [1.807, 2.05) is 30.3 Å². The summed E-state index contributed by atoms with van der Waals surface area (Å²) in [7, 11) is 0. The number of nitrogen functional groups attached to an aromatic ring is 2. The third-order valence-corrected chi connectivity index (χ3v) is 13.3. The molecule has 2 aliphatic heterocycles. The van der Waals surface area contributed by atoms with Crippen LogP contribution < -0.4 is 22.1 Å². The lowest BCUT2D eigenvalue weighted by molar-refractivity contribution is -0.115. The monoisotopic (exact) mass is 974 g/mol. The number of halogens is 2. The lowest BCUT2D eigenvalue weighted by Gasteiger charge is -2.28. The first-order valence-corrected chi connectivity index (χ1v) is 23.2. The van der Waals surface area contributed by atoms with Crippen molar-refractivity contribution in [2.45, 2.75) is 32.4 Å². The van der Waals surface area contributed by atoms with E-state index in [1.165, 1.54) is 39.5 Å². The third-order valence-electron chi connectivity index (χ3n) is 13.3. The van der Waals surface area contributed by atoms with E-state index in [0.717, 1.165) is 27.8 Å². The molecule has 0 fully saturated rings. The number of nitrogens with one attached hydrogen (secondary N) is 2. The van der Waals surface area contributed by atoms with Gasteiger partial charge in [0.25, 0.3) is 17.7 Å². The summed E-state index contributed by atoms with van der Waals surface area (Å²) in [6.45, 7) is 1.39. The first-order chi connectivity index (χ1) is 35.4. The molecule has 8 heterocycles. The van der Waals surface area contributed by atoms with E-state index in [2.05, 4.69) is 35.6 Å². The van der Waals surface area contributed by atoms with Gasteiger partial charge in [0.1, 0.15) is 51.2 Å². The molecule has 0 radical (unpaired) electrons. The Morgan fingerprint density at radius 2 is 1.30 bits per heavy atom. The highest BCUT2D eigenvalue weighted by atomic mass is 19.1. The molecule has 0 unspecified atom stereocenters. The summed E-state index contributed by atoms with van der Waals surface area (Å²) in [5, 5.41) is 6.42. The number of hydrogen-bond acceptors (Lipinski definition) is 12. The summed E-state index contributed by atoms with van der Waals surface area (Å²) in [6, 6.07) is 27.2. The van der Waals surface area contributed by atoms with Crippen molar-refractivity contribution in [3.63, 3.8) is 0 Å². The SMILES string of the molecule is Nc1nc2c(F)cccc2c2nc(C(=O)N3CCc4ccc(NC(=O)c5ccc(-c6ccc(F)c7nc(N)n8cc(C(=O)N9CCc%10ccc(CC(=O)Nc%11ccccn%11)cc%10C9)nc8c67)cn5)cc4C3)cn12. The maximum Gasteiger partial charge on any atom is 0.274 e. The van der Waals surface area contributed by atoms with Gasteiger partial charge >= 0.3 is 0 Å². The lowest BCUT2D eigenvalue weighted by atomic mass is 9.96. The molecule has 4 aromatic carbocycles. The number of benzene rings is 4. The average molecular weight is 975 g/mol. The number of imidazole rings is 2. The molecule has 18 nitrogen and oxygen atoms in total. The Morgan fingerprint density at radius 1 is 0.616 bits per heavy atom. The number of amides is 4. The molecule has 10 aromatic rings. The normalized spacial score (nSPS) is 13.3. The first-order valence-electron chi connectivity index (χ1n) is 23.2. The van der Waals surface area contributed by atoms with Crippen molar-refractivity contribution in [2.24, 2.45) is 0 Å². The predicted octanol–water partition coefficient (Wildman–Crippen LogP) is 6.81. The van der Waals surface area contributed by atoms with Crippen molar-refractivity contribution >= 4 is 80.1 Å². The van der Waals surface area contributed by atoms with Crippen LogP contribution in [0, 0.1) is 11.6 Å². The van der Waals surface area contributed by atoms with Gasteiger partial charge in [0.05, 0.1) is 11.8 Å². The molecule has 0 saturated carbocycles. The molecule has 0 saturated heterocycles. The van der Waals surface area contributed by atoms with Crippen LogP contribution >= 0.6 is 0 Å². The number of para-hydroxylation sites is 1. The zero-order valence-corrected chi connectivity index (χ0v) is 38.5. The van der Waals surface area contributed by atoms with Gasteiger partial charge in [-0.1, -0.05) is 48.5 Å². The molecule has 0 atom stereocenters. The number of carbonyl (C=O) groups is 4. The smallest absolute Gasteiger partial charge is 0.274 e. The van der Waals surface area contributed by atoms with E-state index in [1.54, 1.807) is 70.6 Å². The number of nitrogens with zero attached hydrogens (tertiary/aromatic N) is 10. The van der Waals surface area contributed by atoms with Gasteiger partial charge in [0.2, 0.25) is 17.8 Å². The summed E-state index contributed by atoms with van der Waals surface area (Å²) in [6.07, 6.45) is 7.37. The summed E-state index contributed by atoms with van der Waals surface area (Å²) in [5.41, 5.74) is 19.5.